The van der Waals surface area contributed by atoms with Gasteiger partial charge in [-0.1, -0.05) is 25.1 Å². The lowest BCUT2D eigenvalue weighted by molar-refractivity contribution is 0.415. The number of hydrogen-bond acceptors (Lipinski definition) is 7. The Morgan fingerprint density at radius 3 is 2.79 bits per heavy atom. The van der Waals surface area contributed by atoms with Crippen molar-refractivity contribution in [2.45, 2.75) is 32.7 Å². The summed E-state index contributed by atoms with van der Waals surface area (Å²) in [5.41, 5.74) is 6.55. The third kappa shape index (κ3) is 3.37. The van der Waals surface area contributed by atoms with Crippen molar-refractivity contribution < 1.29 is 9.26 Å². The number of nitrogens with zero attached hydrogens (tertiary/aromatic N) is 7. The van der Waals surface area contributed by atoms with Crippen LogP contribution in [0.25, 0.3) is 28.5 Å². The smallest absolute Gasteiger partial charge is 0.278 e. The molecule has 0 amide bonds. The van der Waals surface area contributed by atoms with Crippen molar-refractivity contribution in [3.63, 3.8) is 0 Å². The van der Waals surface area contributed by atoms with E-state index in [1.807, 2.05) is 61.3 Å². The number of rotatable bonds is 5. The maximum atomic E-state index is 5.59. The van der Waals surface area contributed by atoms with Gasteiger partial charge < -0.3 is 13.8 Å². The van der Waals surface area contributed by atoms with Crippen LogP contribution >= 0.6 is 0 Å². The van der Waals surface area contributed by atoms with Gasteiger partial charge in [0.1, 0.15) is 12.1 Å². The van der Waals surface area contributed by atoms with Crippen LogP contribution in [0, 0.1) is 0 Å². The second-order valence-electron chi connectivity index (χ2n) is 8.60. The molecule has 0 atom stereocenters. The zero-order valence-corrected chi connectivity index (χ0v) is 19.1. The van der Waals surface area contributed by atoms with Gasteiger partial charge in [0.2, 0.25) is 0 Å². The third-order valence-electron chi connectivity index (χ3n) is 5.99. The van der Waals surface area contributed by atoms with Gasteiger partial charge in [-0.3, -0.25) is 9.67 Å². The van der Waals surface area contributed by atoms with Crippen LogP contribution in [0.4, 0.5) is 0 Å². The topological polar surface area (TPSA) is 96.7 Å². The normalized spacial score (nSPS) is 12.2. The monoisotopic (exact) mass is 453 g/mol. The first-order valence-corrected chi connectivity index (χ1v) is 11.2. The first-order chi connectivity index (χ1) is 16.6. The minimum atomic E-state index is 0.170. The number of fused-ring (bicyclic) bond motifs is 5. The number of aromatic nitrogens is 7. The Labute approximate surface area is 196 Å². The van der Waals surface area contributed by atoms with E-state index in [2.05, 4.69) is 30.9 Å². The van der Waals surface area contributed by atoms with Crippen molar-refractivity contribution >= 4 is 0 Å². The molecule has 6 rings (SSSR count). The van der Waals surface area contributed by atoms with E-state index in [4.69, 9.17) is 14.4 Å². The standard InChI is InChI=1S/C25H23N7O2/c1-15(2)24-28-25(34-30-24)23-21-10-16-12-31(13-17-6-4-5-9-26-17)29-22(16)19-11-18(33-3)7-8-20(19)32(21)14-27-23/h4-9,11-12,14-15H,10,13H2,1-3H3. The Balaban J connectivity index is 1.50. The van der Waals surface area contributed by atoms with Gasteiger partial charge in [-0.05, 0) is 30.3 Å². The molecular formula is C25H23N7O2. The number of methoxy groups -OCH3 is 1. The summed E-state index contributed by atoms with van der Waals surface area (Å²) in [6, 6.07) is 11.9. The van der Waals surface area contributed by atoms with Gasteiger partial charge in [0, 0.05) is 35.9 Å². The van der Waals surface area contributed by atoms with Crippen molar-refractivity contribution in [2.24, 2.45) is 0 Å². The molecule has 0 N–H and O–H groups in total. The van der Waals surface area contributed by atoms with Crippen molar-refractivity contribution in [1.29, 1.82) is 0 Å². The molecule has 0 fully saturated rings. The molecule has 5 heterocycles. The maximum absolute atomic E-state index is 5.59. The molecule has 5 aromatic rings. The second-order valence-corrected chi connectivity index (χ2v) is 8.60. The first-order valence-electron chi connectivity index (χ1n) is 11.2. The van der Waals surface area contributed by atoms with E-state index < -0.39 is 0 Å². The molecule has 34 heavy (non-hydrogen) atoms. The second kappa shape index (κ2) is 7.95. The summed E-state index contributed by atoms with van der Waals surface area (Å²) in [6.45, 7) is 4.66. The lowest BCUT2D eigenvalue weighted by atomic mass is 10.0. The van der Waals surface area contributed by atoms with Gasteiger partial charge in [-0.2, -0.15) is 10.1 Å². The summed E-state index contributed by atoms with van der Waals surface area (Å²) in [5, 5.41) is 9.08. The van der Waals surface area contributed by atoms with Crippen molar-refractivity contribution in [1.82, 2.24) is 34.5 Å². The van der Waals surface area contributed by atoms with Crippen LogP contribution in [0.3, 0.4) is 0 Å². The van der Waals surface area contributed by atoms with Crippen LogP contribution in [-0.4, -0.2) is 41.6 Å². The number of ether oxygens (including phenoxy) is 1. The van der Waals surface area contributed by atoms with Gasteiger partial charge in [-0.15, -0.1) is 0 Å². The maximum Gasteiger partial charge on any atom is 0.278 e. The summed E-state index contributed by atoms with van der Waals surface area (Å²) in [6.07, 6.45) is 6.30. The Hall–Kier alpha value is -4.27. The molecule has 0 spiro atoms. The zero-order chi connectivity index (χ0) is 23.2. The predicted molar refractivity (Wildman–Crippen MR) is 125 cm³/mol. The Morgan fingerprint density at radius 1 is 1.12 bits per heavy atom. The van der Waals surface area contributed by atoms with E-state index >= 15 is 0 Å². The van der Waals surface area contributed by atoms with Crippen molar-refractivity contribution in [2.75, 3.05) is 7.11 Å². The molecular weight excluding hydrogens is 430 g/mol. The van der Waals surface area contributed by atoms with Crippen LogP contribution in [0.15, 0.2) is 59.6 Å². The van der Waals surface area contributed by atoms with Crippen LogP contribution in [0.5, 0.6) is 5.75 Å². The number of hydrogen-bond donors (Lipinski definition) is 0. The summed E-state index contributed by atoms with van der Waals surface area (Å²) >= 11 is 0. The highest BCUT2D eigenvalue weighted by atomic mass is 16.5. The summed E-state index contributed by atoms with van der Waals surface area (Å²) in [5.74, 6) is 2.03. The molecule has 0 unspecified atom stereocenters. The zero-order valence-electron chi connectivity index (χ0n) is 19.1. The Kier molecular flexibility index (Phi) is 4.75. The molecule has 4 aromatic heterocycles. The molecule has 1 aromatic carbocycles. The van der Waals surface area contributed by atoms with Crippen LogP contribution in [0.2, 0.25) is 0 Å². The van der Waals surface area contributed by atoms with E-state index in [-0.39, 0.29) is 5.92 Å². The van der Waals surface area contributed by atoms with E-state index in [1.165, 1.54) is 0 Å². The molecule has 1 aliphatic heterocycles. The van der Waals surface area contributed by atoms with Crippen LogP contribution in [0.1, 0.15) is 42.5 Å². The highest BCUT2D eigenvalue weighted by molar-refractivity contribution is 5.77. The average Bonchev–Trinajstić information content (AvgIpc) is 3.57. The molecule has 0 saturated carbocycles. The summed E-state index contributed by atoms with van der Waals surface area (Å²) < 4.78 is 15.1. The van der Waals surface area contributed by atoms with E-state index in [9.17, 15) is 0 Å². The Bertz CT molecular complexity index is 1480. The highest BCUT2D eigenvalue weighted by Crippen LogP contribution is 2.39. The van der Waals surface area contributed by atoms with Gasteiger partial charge in [0.05, 0.1) is 36.4 Å². The van der Waals surface area contributed by atoms with E-state index in [0.717, 1.165) is 39.6 Å². The largest absolute Gasteiger partial charge is 0.497 e. The molecule has 170 valence electrons. The van der Waals surface area contributed by atoms with Gasteiger partial charge >= 0.3 is 0 Å². The quantitative estimate of drug-likeness (QED) is 0.385. The predicted octanol–water partition coefficient (Wildman–Crippen LogP) is 4.27. The fourth-order valence-electron chi connectivity index (χ4n) is 4.27. The third-order valence-corrected chi connectivity index (χ3v) is 5.99. The molecule has 0 saturated heterocycles. The van der Waals surface area contributed by atoms with Crippen molar-refractivity contribution in [3.05, 3.63) is 77.9 Å². The van der Waals surface area contributed by atoms with Gasteiger partial charge in [-0.25, -0.2) is 4.98 Å². The van der Waals surface area contributed by atoms with Crippen LogP contribution in [-0.2, 0) is 13.0 Å². The molecule has 9 nitrogen and oxygen atoms in total. The van der Waals surface area contributed by atoms with E-state index in [1.54, 1.807) is 13.3 Å². The molecule has 0 bridgehead atoms. The van der Waals surface area contributed by atoms with Gasteiger partial charge in [0.25, 0.3) is 5.89 Å². The number of imidazole rings is 1. The van der Waals surface area contributed by atoms with Crippen LogP contribution < -0.4 is 4.74 Å². The summed E-state index contributed by atoms with van der Waals surface area (Å²) in [4.78, 5) is 13.7. The fraction of sp³-hybridized carbons (Fsp3) is 0.240. The minimum absolute atomic E-state index is 0.170. The molecule has 1 aliphatic rings. The number of benzene rings is 1. The first kappa shape index (κ1) is 20.3. The highest BCUT2D eigenvalue weighted by Gasteiger charge is 2.28. The molecule has 0 radical (unpaired) electrons. The number of pyridine rings is 1. The molecule has 9 heteroatoms. The van der Waals surface area contributed by atoms with E-state index in [0.29, 0.717) is 30.4 Å². The lowest BCUT2D eigenvalue weighted by Gasteiger charge is -2.11. The summed E-state index contributed by atoms with van der Waals surface area (Å²) in [7, 11) is 1.67. The minimum Gasteiger partial charge on any atom is -0.497 e. The fourth-order valence-corrected chi connectivity index (χ4v) is 4.27. The SMILES string of the molecule is COc1ccc2c(c1)-c1nn(Cc3ccccn3)cc1Cc1c(-c3nc(C(C)C)no3)ncn1-2. The lowest BCUT2D eigenvalue weighted by Crippen LogP contribution is -2.04. The van der Waals surface area contributed by atoms with Crippen molar-refractivity contribution in [3.8, 4) is 34.3 Å². The van der Waals surface area contributed by atoms with Gasteiger partial charge in [0.15, 0.2) is 11.5 Å². The Morgan fingerprint density at radius 2 is 2.03 bits per heavy atom. The molecule has 0 aliphatic carbocycles. The average molecular weight is 454 g/mol.